The van der Waals surface area contributed by atoms with Crippen LogP contribution in [0.25, 0.3) is 27.9 Å². The molecule has 0 saturated carbocycles. The van der Waals surface area contributed by atoms with Crippen LogP contribution in [-0.4, -0.2) is 54.9 Å². The summed E-state index contributed by atoms with van der Waals surface area (Å²) in [7, 11) is 4.00. The number of hydrogen-bond donors (Lipinski definition) is 0. The molecule has 0 saturated heterocycles. The summed E-state index contributed by atoms with van der Waals surface area (Å²) in [5.41, 5.74) is 3.53. The number of aryl methyl sites for hydroxylation is 2. The topological polar surface area (TPSA) is 81.2 Å². The maximum absolute atomic E-state index is 12.8. The zero-order valence-corrected chi connectivity index (χ0v) is 16.7. The largest absolute Gasteiger partial charge is 0.309 e. The molecule has 4 rings (SSSR count). The molecule has 3 heterocycles. The van der Waals surface area contributed by atoms with Crippen LogP contribution in [-0.2, 0) is 6.54 Å². The van der Waals surface area contributed by atoms with Crippen LogP contribution in [0.1, 0.15) is 12.1 Å². The van der Waals surface area contributed by atoms with Crippen molar-refractivity contribution < 1.29 is 0 Å². The van der Waals surface area contributed by atoms with Crippen molar-refractivity contribution >= 4 is 28.4 Å². The molecule has 0 N–H and O–H groups in total. The van der Waals surface area contributed by atoms with Crippen LogP contribution in [0, 0.1) is 6.92 Å². The number of fused-ring (bicyclic) bond motifs is 3. The highest BCUT2D eigenvalue weighted by molar-refractivity contribution is 6.30. The van der Waals surface area contributed by atoms with Crippen molar-refractivity contribution in [2.75, 3.05) is 20.6 Å². The van der Waals surface area contributed by atoms with E-state index in [-0.39, 0.29) is 11.1 Å². The molecule has 9 heteroatoms. The van der Waals surface area contributed by atoms with E-state index in [2.05, 4.69) is 25.2 Å². The lowest BCUT2D eigenvalue weighted by Gasteiger charge is -2.10. The van der Waals surface area contributed by atoms with Crippen LogP contribution < -0.4 is 5.56 Å². The highest BCUT2D eigenvalue weighted by Crippen LogP contribution is 2.28. The molecule has 0 fully saturated rings. The van der Waals surface area contributed by atoms with Gasteiger partial charge in [0.25, 0.3) is 5.56 Å². The molecule has 0 bridgehead atoms. The first-order valence-corrected chi connectivity index (χ1v) is 9.35. The number of nitrogens with zero attached hydrogens (tertiary/aromatic N) is 7. The van der Waals surface area contributed by atoms with E-state index >= 15 is 0 Å². The Morgan fingerprint density at radius 2 is 1.86 bits per heavy atom. The average molecular weight is 398 g/mol. The Bertz CT molecular complexity index is 1210. The third-order valence-electron chi connectivity index (χ3n) is 4.61. The normalized spacial score (nSPS) is 11.8. The Morgan fingerprint density at radius 1 is 1.11 bits per heavy atom. The highest BCUT2D eigenvalue weighted by Gasteiger charge is 2.18. The van der Waals surface area contributed by atoms with Gasteiger partial charge in [0.2, 0.25) is 0 Å². The van der Waals surface area contributed by atoms with Crippen LogP contribution in [0.4, 0.5) is 0 Å². The first-order valence-electron chi connectivity index (χ1n) is 8.97. The van der Waals surface area contributed by atoms with Crippen molar-refractivity contribution in [3.63, 3.8) is 0 Å². The van der Waals surface area contributed by atoms with E-state index in [0.717, 1.165) is 29.8 Å². The summed E-state index contributed by atoms with van der Waals surface area (Å²) in [6.07, 6.45) is 2.40. The predicted octanol–water partition coefficient (Wildman–Crippen LogP) is 2.41. The molecule has 0 amide bonds. The molecule has 0 spiro atoms. The fourth-order valence-corrected chi connectivity index (χ4v) is 3.36. The molecule has 0 aliphatic heterocycles. The molecule has 0 aliphatic carbocycles. The van der Waals surface area contributed by atoms with Crippen molar-refractivity contribution in [3.05, 3.63) is 51.7 Å². The van der Waals surface area contributed by atoms with Gasteiger partial charge in [0.15, 0.2) is 16.8 Å². The fraction of sp³-hybridized carbons (Fsp3) is 0.316. The monoisotopic (exact) mass is 397 g/mol. The van der Waals surface area contributed by atoms with Gasteiger partial charge in [-0.1, -0.05) is 23.7 Å². The van der Waals surface area contributed by atoms with E-state index < -0.39 is 0 Å². The molecular formula is C19H20ClN7O. The number of halogens is 1. The molecule has 3 aromatic heterocycles. The first kappa shape index (κ1) is 18.5. The Balaban J connectivity index is 1.82. The van der Waals surface area contributed by atoms with Crippen molar-refractivity contribution in [3.8, 4) is 11.1 Å². The summed E-state index contributed by atoms with van der Waals surface area (Å²) in [4.78, 5) is 19.3. The lowest BCUT2D eigenvalue weighted by atomic mass is 10.1. The maximum atomic E-state index is 12.8. The van der Waals surface area contributed by atoms with Crippen LogP contribution in [0.15, 0.2) is 35.4 Å². The summed E-state index contributed by atoms with van der Waals surface area (Å²) < 4.78 is 3.16. The van der Waals surface area contributed by atoms with E-state index in [1.54, 1.807) is 15.4 Å². The molecule has 8 nitrogen and oxygen atoms in total. The van der Waals surface area contributed by atoms with Gasteiger partial charge in [-0.25, -0.2) is 4.98 Å². The zero-order valence-electron chi connectivity index (χ0n) is 15.9. The molecule has 0 unspecified atom stereocenters. The summed E-state index contributed by atoms with van der Waals surface area (Å²) in [6, 6.07) is 7.46. The molecule has 144 valence electrons. The Hall–Kier alpha value is -2.84. The minimum absolute atomic E-state index is 0.209. The van der Waals surface area contributed by atoms with Gasteiger partial charge >= 0.3 is 0 Å². The Morgan fingerprint density at radius 3 is 2.57 bits per heavy atom. The number of benzene rings is 1. The molecule has 1 aromatic carbocycles. The van der Waals surface area contributed by atoms with E-state index in [0.29, 0.717) is 22.9 Å². The van der Waals surface area contributed by atoms with Gasteiger partial charge in [0.1, 0.15) is 6.33 Å². The molecule has 0 aliphatic rings. The van der Waals surface area contributed by atoms with Crippen LogP contribution in [0.5, 0.6) is 0 Å². The second kappa shape index (κ2) is 7.29. The number of rotatable bonds is 5. The number of aromatic nitrogens is 6. The third-order valence-corrected chi connectivity index (χ3v) is 4.87. The van der Waals surface area contributed by atoms with Crippen LogP contribution in [0.2, 0.25) is 5.02 Å². The van der Waals surface area contributed by atoms with Gasteiger partial charge in [0.05, 0.1) is 11.3 Å². The molecule has 4 aromatic rings. The van der Waals surface area contributed by atoms with Crippen molar-refractivity contribution in [2.24, 2.45) is 0 Å². The molecule has 0 atom stereocenters. The summed E-state index contributed by atoms with van der Waals surface area (Å²) in [5, 5.41) is 13.7. The second-order valence-corrected chi connectivity index (χ2v) is 7.41. The smallest absolute Gasteiger partial charge is 0.283 e. The predicted molar refractivity (Wildman–Crippen MR) is 109 cm³/mol. The minimum atomic E-state index is -0.209. The first-order chi connectivity index (χ1) is 13.5. The molecule has 0 radical (unpaired) electrons. The van der Waals surface area contributed by atoms with Crippen LogP contribution >= 0.6 is 11.6 Å². The van der Waals surface area contributed by atoms with Gasteiger partial charge in [-0.05, 0) is 51.7 Å². The SMILES string of the molecule is Cc1nn2c(nnc3c(=O)n(CCCN(C)C)cnc32)c1-c1ccc(Cl)cc1. The minimum Gasteiger partial charge on any atom is -0.309 e. The standard InChI is InChI=1S/C19H20ClN7O/c1-12-15(13-5-7-14(20)8-6-13)17-23-22-16-18(27(17)24-12)21-11-26(19(16)28)10-4-9-25(2)3/h5-8,11H,4,9-10H2,1-3H3. The van der Waals surface area contributed by atoms with Gasteiger partial charge < -0.3 is 4.90 Å². The van der Waals surface area contributed by atoms with Gasteiger partial charge in [-0.2, -0.15) is 9.61 Å². The summed E-state index contributed by atoms with van der Waals surface area (Å²) >= 11 is 6.00. The summed E-state index contributed by atoms with van der Waals surface area (Å²) in [6.45, 7) is 3.36. The van der Waals surface area contributed by atoms with Crippen LogP contribution in [0.3, 0.4) is 0 Å². The second-order valence-electron chi connectivity index (χ2n) is 6.97. The van der Waals surface area contributed by atoms with E-state index in [1.165, 1.54) is 0 Å². The average Bonchev–Trinajstić information content (AvgIpc) is 3.00. The van der Waals surface area contributed by atoms with E-state index in [1.807, 2.05) is 45.3 Å². The molecule has 28 heavy (non-hydrogen) atoms. The lowest BCUT2D eigenvalue weighted by molar-refractivity contribution is 0.384. The van der Waals surface area contributed by atoms with Crippen molar-refractivity contribution in [1.82, 2.24) is 34.3 Å². The van der Waals surface area contributed by atoms with Gasteiger partial charge in [-0.3, -0.25) is 9.36 Å². The molecular weight excluding hydrogens is 378 g/mol. The van der Waals surface area contributed by atoms with Gasteiger partial charge in [0, 0.05) is 11.6 Å². The fourth-order valence-electron chi connectivity index (χ4n) is 3.24. The van der Waals surface area contributed by atoms with Gasteiger partial charge in [-0.15, -0.1) is 10.2 Å². The van der Waals surface area contributed by atoms with E-state index in [4.69, 9.17) is 11.6 Å². The summed E-state index contributed by atoms with van der Waals surface area (Å²) in [5.74, 6) is 0. The van der Waals surface area contributed by atoms with Crippen molar-refractivity contribution in [1.29, 1.82) is 0 Å². The zero-order chi connectivity index (χ0) is 19.8. The van der Waals surface area contributed by atoms with Crippen molar-refractivity contribution in [2.45, 2.75) is 19.9 Å². The lowest BCUT2D eigenvalue weighted by Crippen LogP contribution is -2.25. The third kappa shape index (κ3) is 3.25. The van der Waals surface area contributed by atoms with E-state index in [9.17, 15) is 4.79 Å². The number of hydrogen-bond acceptors (Lipinski definition) is 6. The highest BCUT2D eigenvalue weighted by atomic mass is 35.5. The maximum Gasteiger partial charge on any atom is 0.283 e. The quantitative estimate of drug-likeness (QED) is 0.514. The Kier molecular flexibility index (Phi) is 4.82. The Labute approximate surface area is 166 Å².